The molecule has 0 unspecified atom stereocenters. The van der Waals surface area contributed by atoms with E-state index >= 15 is 0 Å². The van der Waals surface area contributed by atoms with E-state index in [-0.39, 0.29) is 18.1 Å². The minimum absolute atomic E-state index is 0.0758. The van der Waals surface area contributed by atoms with Crippen molar-refractivity contribution < 1.29 is 9.72 Å². The minimum atomic E-state index is -0.500. The zero-order chi connectivity index (χ0) is 13.7. The molecule has 0 saturated heterocycles. The number of amides is 1. The van der Waals surface area contributed by atoms with Gasteiger partial charge in [-0.25, -0.2) is 4.98 Å². The number of hydrogen-bond acceptors (Lipinski definition) is 6. The zero-order valence-corrected chi connectivity index (χ0v) is 10.4. The number of likely N-dealkylation sites (N-methyl/N-ethyl adjacent to an activating group) is 2. The molecule has 0 fully saturated rings. The molecule has 0 aromatic carbocycles. The molecule has 1 rings (SSSR count). The fourth-order valence-corrected chi connectivity index (χ4v) is 1.31. The van der Waals surface area contributed by atoms with Gasteiger partial charge in [0.1, 0.15) is 11.6 Å². The molecule has 0 saturated carbocycles. The van der Waals surface area contributed by atoms with Crippen molar-refractivity contribution in [2.24, 2.45) is 0 Å². The summed E-state index contributed by atoms with van der Waals surface area (Å²) in [5.41, 5.74) is -0.0758. The summed E-state index contributed by atoms with van der Waals surface area (Å²) < 4.78 is 0. The number of rotatable bonds is 5. The van der Waals surface area contributed by atoms with Gasteiger partial charge in [-0.1, -0.05) is 0 Å². The minimum Gasteiger partial charge on any atom is -0.373 e. The van der Waals surface area contributed by atoms with Crippen molar-refractivity contribution in [3.05, 3.63) is 22.2 Å². The molecule has 1 amide bonds. The lowest BCUT2D eigenvalue weighted by molar-refractivity contribution is -0.384. The van der Waals surface area contributed by atoms with Crippen molar-refractivity contribution in [3.63, 3.8) is 0 Å². The van der Waals surface area contributed by atoms with Crippen LogP contribution in [0.15, 0.2) is 12.1 Å². The van der Waals surface area contributed by atoms with Crippen LogP contribution in [0.1, 0.15) is 0 Å². The van der Waals surface area contributed by atoms with E-state index in [0.29, 0.717) is 11.6 Å². The normalized spacial score (nSPS) is 9.72. The van der Waals surface area contributed by atoms with Crippen LogP contribution in [0.3, 0.4) is 0 Å². The summed E-state index contributed by atoms with van der Waals surface area (Å²) in [6.07, 6.45) is 0. The van der Waals surface area contributed by atoms with Gasteiger partial charge in [0.2, 0.25) is 5.91 Å². The van der Waals surface area contributed by atoms with Crippen LogP contribution >= 0.6 is 0 Å². The number of carbonyl (C=O) groups is 1. The summed E-state index contributed by atoms with van der Waals surface area (Å²) in [7, 11) is 4.78. The fourth-order valence-electron chi connectivity index (χ4n) is 1.31. The molecule has 0 aliphatic carbocycles. The molecule has 0 aliphatic heterocycles. The molecule has 8 nitrogen and oxygen atoms in total. The Labute approximate surface area is 104 Å². The van der Waals surface area contributed by atoms with E-state index in [0.717, 1.165) is 0 Å². The van der Waals surface area contributed by atoms with Crippen LogP contribution in [0, 0.1) is 10.1 Å². The molecule has 2 N–H and O–H groups in total. The maximum absolute atomic E-state index is 11.2. The van der Waals surface area contributed by atoms with Crippen LogP contribution < -0.4 is 15.5 Å². The first-order valence-corrected chi connectivity index (χ1v) is 5.24. The number of anilines is 2. The first-order chi connectivity index (χ1) is 8.47. The lowest BCUT2D eigenvalue weighted by Gasteiger charge is -2.17. The zero-order valence-electron chi connectivity index (χ0n) is 10.4. The SMILES string of the molecule is CNC(=O)CN(C)c1cc([N+](=O)[O-])cc(NC)n1. The van der Waals surface area contributed by atoms with E-state index in [9.17, 15) is 14.9 Å². The quantitative estimate of drug-likeness (QED) is 0.575. The Balaban J connectivity index is 3.03. The maximum atomic E-state index is 11.2. The predicted molar refractivity (Wildman–Crippen MR) is 67.8 cm³/mol. The van der Waals surface area contributed by atoms with E-state index in [4.69, 9.17) is 0 Å². The Morgan fingerprint density at radius 3 is 2.67 bits per heavy atom. The molecule has 0 atom stereocenters. The first-order valence-electron chi connectivity index (χ1n) is 5.24. The molecule has 18 heavy (non-hydrogen) atoms. The number of carbonyl (C=O) groups excluding carboxylic acids is 1. The van der Waals surface area contributed by atoms with Gasteiger partial charge in [-0.2, -0.15) is 0 Å². The van der Waals surface area contributed by atoms with E-state index in [1.54, 1.807) is 14.1 Å². The monoisotopic (exact) mass is 253 g/mol. The van der Waals surface area contributed by atoms with Crippen LogP contribution in [0.4, 0.5) is 17.3 Å². The maximum Gasteiger partial charge on any atom is 0.276 e. The predicted octanol–water partition coefficient (Wildman–Crippen LogP) is 0.214. The second-order valence-electron chi connectivity index (χ2n) is 3.61. The lowest BCUT2D eigenvalue weighted by atomic mass is 10.3. The largest absolute Gasteiger partial charge is 0.373 e. The Morgan fingerprint density at radius 1 is 1.50 bits per heavy atom. The highest BCUT2D eigenvalue weighted by molar-refractivity contribution is 5.80. The first kappa shape index (κ1) is 13.7. The van der Waals surface area contributed by atoms with Crippen molar-refractivity contribution in [2.45, 2.75) is 0 Å². The van der Waals surface area contributed by atoms with Gasteiger partial charge < -0.3 is 15.5 Å². The summed E-state index contributed by atoms with van der Waals surface area (Å²) in [4.78, 5) is 27.2. The van der Waals surface area contributed by atoms with Gasteiger partial charge in [0.05, 0.1) is 23.6 Å². The molecule has 98 valence electrons. The van der Waals surface area contributed by atoms with Crippen molar-refractivity contribution in [1.82, 2.24) is 10.3 Å². The van der Waals surface area contributed by atoms with Gasteiger partial charge in [-0.05, 0) is 0 Å². The summed E-state index contributed by atoms with van der Waals surface area (Å²) in [6.45, 7) is 0.0772. The van der Waals surface area contributed by atoms with E-state index < -0.39 is 4.92 Å². The Morgan fingerprint density at radius 2 is 2.17 bits per heavy atom. The Bertz CT molecular complexity index is 463. The molecule has 1 aromatic heterocycles. The van der Waals surface area contributed by atoms with Crippen molar-refractivity contribution in [1.29, 1.82) is 0 Å². The number of nitrogens with zero attached hydrogens (tertiary/aromatic N) is 3. The summed E-state index contributed by atoms with van der Waals surface area (Å²) in [6, 6.07) is 2.65. The standard InChI is InChI=1S/C10H15N5O3/c1-11-8-4-7(15(17)18)5-9(13-8)14(3)6-10(16)12-2/h4-5H,6H2,1-3H3,(H,11,13)(H,12,16). The summed E-state index contributed by atoms with van der Waals surface area (Å²) in [5.74, 6) is 0.539. The fraction of sp³-hybridized carbons (Fsp3) is 0.400. The molecular formula is C10H15N5O3. The molecule has 0 spiro atoms. The third-order valence-electron chi connectivity index (χ3n) is 2.31. The number of aromatic nitrogens is 1. The highest BCUT2D eigenvalue weighted by Crippen LogP contribution is 2.22. The van der Waals surface area contributed by atoms with Gasteiger partial charge >= 0.3 is 0 Å². The summed E-state index contributed by atoms with van der Waals surface area (Å²) >= 11 is 0. The van der Waals surface area contributed by atoms with Crippen LogP contribution in [0.2, 0.25) is 0 Å². The lowest BCUT2D eigenvalue weighted by Crippen LogP contribution is -2.33. The van der Waals surface area contributed by atoms with Crippen molar-refractivity contribution >= 4 is 23.2 Å². The molecule has 1 heterocycles. The van der Waals surface area contributed by atoms with Crippen LogP contribution in [-0.2, 0) is 4.79 Å². The second-order valence-corrected chi connectivity index (χ2v) is 3.61. The van der Waals surface area contributed by atoms with Crippen LogP contribution in [0.25, 0.3) is 0 Å². The van der Waals surface area contributed by atoms with Crippen molar-refractivity contribution in [3.8, 4) is 0 Å². The van der Waals surface area contributed by atoms with E-state index in [1.165, 1.54) is 24.1 Å². The molecular weight excluding hydrogens is 238 g/mol. The number of nitrogens with one attached hydrogen (secondary N) is 2. The van der Waals surface area contributed by atoms with Gasteiger partial charge in [0.15, 0.2) is 0 Å². The highest BCUT2D eigenvalue weighted by Gasteiger charge is 2.14. The van der Waals surface area contributed by atoms with Crippen LogP contribution in [-0.4, -0.2) is 43.5 Å². The Hall–Kier alpha value is -2.38. The third-order valence-corrected chi connectivity index (χ3v) is 2.31. The van der Waals surface area contributed by atoms with Gasteiger partial charge in [0, 0.05) is 21.1 Å². The average molecular weight is 253 g/mol. The molecule has 0 bridgehead atoms. The molecule has 8 heteroatoms. The second kappa shape index (κ2) is 5.80. The average Bonchev–Trinajstić information content (AvgIpc) is 2.37. The summed E-state index contributed by atoms with van der Waals surface area (Å²) in [5, 5.41) is 16.0. The van der Waals surface area contributed by atoms with Crippen molar-refractivity contribution in [2.75, 3.05) is 37.9 Å². The smallest absolute Gasteiger partial charge is 0.276 e. The van der Waals surface area contributed by atoms with Crippen LogP contribution in [0.5, 0.6) is 0 Å². The Kier molecular flexibility index (Phi) is 4.41. The number of pyridine rings is 1. The van der Waals surface area contributed by atoms with Gasteiger partial charge in [-0.3, -0.25) is 14.9 Å². The van der Waals surface area contributed by atoms with Gasteiger partial charge in [0.25, 0.3) is 5.69 Å². The van der Waals surface area contributed by atoms with E-state index in [1.807, 2.05) is 0 Å². The molecule has 0 radical (unpaired) electrons. The molecule has 0 aliphatic rings. The molecule has 1 aromatic rings. The number of nitro groups is 1. The highest BCUT2D eigenvalue weighted by atomic mass is 16.6. The number of hydrogen-bond donors (Lipinski definition) is 2. The van der Waals surface area contributed by atoms with Gasteiger partial charge in [-0.15, -0.1) is 0 Å². The third kappa shape index (κ3) is 3.30. The van der Waals surface area contributed by atoms with E-state index in [2.05, 4.69) is 15.6 Å². The topological polar surface area (TPSA) is 100 Å².